The Bertz CT molecular complexity index is 1030. The van der Waals surface area contributed by atoms with E-state index in [1.165, 1.54) is 11.0 Å². The van der Waals surface area contributed by atoms with Gasteiger partial charge in [0.2, 0.25) is 11.8 Å². The van der Waals surface area contributed by atoms with Gasteiger partial charge >= 0.3 is 0 Å². The number of aliphatic hydroxyl groups is 1. The van der Waals surface area contributed by atoms with Crippen molar-refractivity contribution in [1.29, 1.82) is 0 Å². The summed E-state index contributed by atoms with van der Waals surface area (Å²) in [5.74, 6) is -2.80. The number of nitrogens with zero attached hydrogens (tertiary/aromatic N) is 1. The van der Waals surface area contributed by atoms with Crippen LogP contribution in [0.2, 0.25) is 0 Å². The van der Waals surface area contributed by atoms with E-state index in [0.29, 0.717) is 5.69 Å². The number of amides is 2. The molecule has 1 aliphatic heterocycles. The van der Waals surface area contributed by atoms with Crippen LogP contribution >= 0.6 is 15.9 Å². The van der Waals surface area contributed by atoms with Crippen molar-refractivity contribution in [1.82, 2.24) is 0 Å². The molecule has 0 aromatic heterocycles. The number of hydrogen-bond donors (Lipinski definition) is 3. The highest BCUT2D eigenvalue weighted by molar-refractivity contribution is 9.10. The molecule has 9 heteroatoms. The zero-order valence-corrected chi connectivity index (χ0v) is 18.9. The minimum atomic E-state index is -1.07. The summed E-state index contributed by atoms with van der Waals surface area (Å²) in [6, 6.07) is 8.03. The summed E-state index contributed by atoms with van der Waals surface area (Å²) in [7, 11) is 0. The highest BCUT2D eigenvalue weighted by atomic mass is 79.9. The van der Waals surface area contributed by atoms with E-state index in [-0.39, 0.29) is 36.6 Å². The summed E-state index contributed by atoms with van der Waals surface area (Å²) in [6.07, 6.45) is 3.26. The molecule has 1 atom stereocenters. The number of rotatable bonds is 5. The maximum Gasteiger partial charge on any atom is 0.247 e. The first-order valence-electron chi connectivity index (χ1n) is 10.6. The van der Waals surface area contributed by atoms with Crippen molar-refractivity contribution in [3.05, 3.63) is 52.5 Å². The molecule has 170 valence electrons. The highest BCUT2D eigenvalue weighted by Crippen LogP contribution is 2.32. The quantitative estimate of drug-likeness (QED) is 0.553. The van der Waals surface area contributed by atoms with Gasteiger partial charge in [0.15, 0.2) is 11.6 Å². The first kappa shape index (κ1) is 22.7. The molecule has 2 amide bonds. The van der Waals surface area contributed by atoms with Crippen LogP contribution in [0.15, 0.2) is 40.9 Å². The Balaban J connectivity index is 1.53. The standard InChI is InChI=1S/C23H24BrF2N3O3/c24-13-1-8-19(27-14-2-5-16(30)6-3-14)20(11-13)28-23(32)21-9-10-22(31)29(21)15-4-7-17(25)18(26)12-15/h1,4,7-8,11-12,14,16,21,27,30H,2-3,5-6,9-10H2,(H,28,32)/t14-,16-,21-/m0/s1. The van der Waals surface area contributed by atoms with E-state index in [4.69, 9.17) is 0 Å². The molecule has 0 radical (unpaired) electrons. The number of anilines is 3. The minimum Gasteiger partial charge on any atom is -0.393 e. The van der Waals surface area contributed by atoms with Crippen molar-refractivity contribution in [2.75, 3.05) is 15.5 Å². The van der Waals surface area contributed by atoms with Crippen molar-refractivity contribution in [3.8, 4) is 0 Å². The van der Waals surface area contributed by atoms with Gasteiger partial charge in [0.05, 0.1) is 17.5 Å². The zero-order valence-electron chi connectivity index (χ0n) is 17.3. The first-order chi connectivity index (χ1) is 15.3. The summed E-state index contributed by atoms with van der Waals surface area (Å²) in [5, 5.41) is 16.1. The molecule has 2 aliphatic rings. The molecule has 0 bridgehead atoms. The molecule has 1 saturated carbocycles. The molecule has 0 unspecified atom stereocenters. The first-order valence-corrected chi connectivity index (χ1v) is 11.4. The Labute approximate surface area is 193 Å². The number of nitrogens with one attached hydrogen (secondary N) is 2. The van der Waals surface area contributed by atoms with Crippen LogP contribution < -0.4 is 15.5 Å². The van der Waals surface area contributed by atoms with E-state index in [1.54, 1.807) is 6.07 Å². The molecule has 1 saturated heterocycles. The second kappa shape index (κ2) is 9.54. The molecule has 3 N–H and O–H groups in total. The van der Waals surface area contributed by atoms with Crippen molar-refractivity contribution in [2.45, 2.75) is 56.7 Å². The fraction of sp³-hybridized carbons (Fsp3) is 0.391. The van der Waals surface area contributed by atoms with Gasteiger partial charge in [-0.05, 0) is 62.4 Å². The molecule has 0 spiro atoms. The topological polar surface area (TPSA) is 81.7 Å². The van der Waals surface area contributed by atoms with Crippen molar-refractivity contribution in [3.63, 3.8) is 0 Å². The van der Waals surface area contributed by atoms with E-state index < -0.39 is 23.6 Å². The summed E-state index contributed by atoms with van der Waals surface area (Å²) in [6.45, 7) is 0. The Morgan fingerprint density at radius 2 is 1.75 bits per heavy atom. The number of carbonyl (C=O) groups is 2. The van der Waals surface area contributed by atoms with Crippen LogP contribution in [0.5, 0.6) is 0 Å². The molecule has 6 nitrogen and oxygen atoms in total. The van der Waals surface area contributed by atoms with Gasteiger partial charge in [0.1, 0.15) is 6.04 Å². The molecule has 32 heavy (non-hydrogen) atoms. The predicted molar refractivity (Wildman–Crippen MR) is 122 cm³/mol. The van der Waals surface area contributed by atoms with Crippen molar-refractivity contribution in [2.24, 2.45) is 0 Å². The molecule has 2 aromatic rings. The fourth-order valence-corrected chi connectivity index (χ4v) is 4.65. The second-order valence-electron chi connectivity index (χ2n) is 8.25. The Morgan fingerprint density at radius 3 is 2.47 bits per heavy atom. The average molecular weight is 508 g/mol. The van der Waals surface area contributed by atoms with Gasteiger partial charge in [-0.25, -0.2) is 8.78 Å². The van der Waals surface area contributed by atoms with Gasteiger partial charge in [0.25, 0.3) is 0 Å². The summed E-state index contributed by atoms with van der Waals surface area (Å²) < 4.78 is 27.9. The maximum atomic E-state index is 13.7. The SMILES string of the molecule is O=C(Nc1cc(Br)ccc1N[C@H]1CC[C@H](O)CC1)[C@@H]1CCC(=O)N1c1ccc(F)c(F)c1. The Morgan fingerprint density at radius 1 is 1.00 bits per heavy atom. The lowest BCUT2D eigenvalue weighted by Gasteiger charge is -2.28. The van der Waals surface area contributed by atoms with Crippen molar-refractivity contribution < 1.29 is 23.5 Å². The third-order valence-corrected chi connectivity index (χ3v) is 6.49. The normalized spacial score (nSPS) is 23.3. The Hall–Kier alpha value is -2.52. The molecule has 1 heterocycles. The van der Waals surface area contributed by atoms with Crippen LogP contribution in [0.25, 0.3) is 0 Å². The van der Waals surface area contributed by atoms with E-state index >= 15 is 0 Å². The smallest absolute Gasteiger partial charge is 0.247 e. The Kier molecular flexibility index (Phi) is 6.76. The third kappa shape index (κ3) is 4.94. The van der Waals surface area contributed by atoms with E-state index in [0.717, 1.165) is 48.0 Å². The average Bonchev–Trinajstić information content (AvgIpc) is 3.15. The van der Waals surface area contributed by atoms with Crippen LogP contribution in [0.1, 0.15) is 38.5 Å². The van der Waals surface area contributed by atoms with Crippen molar-refractivity contribution >= 4 is 44.8 Å². The molecule has 2 fully saturated rings. The van der Waals surface area contributed by atoms with Crippen LogP contribution in [0, 0.1) is 11.6 Å². The minimum absolute atomic E-state index is 0.144. The zero-order chi connectivity index (χ0) is 22.8. The lowest BCUT2D eigenvalue weighted by Crippen LogP contribution is -2.42. The summed E-state index contributed by atoms with van der Waals surface area (Å²) in [5.41, 5.74) is 1.45. The van der Waals surface area contributed by atoms with E-state index in [9.17, 15) is 23.5 Å². The molecule has 2 aromatic carbocycles. The van der Waals surface area contributed by atoms with Crippen LogP contribution in [0.3, 0.4) is 0 Å². The summed E-state index contributed by atoms with van der Waals surface area (Å²) >= 11 is 3.42. The molecular formula is C23H24BrF2N3O3. The molecule has 1 aliphatic carbocycles. The number of benzene rings is 2. The monoisotopic (exact) mass is 507 g/mol. The van der Waals surface area contributed by atoms with E-state index in [2.05, 4.69) is 26.6 Å². The second-order valence-corrected chi connectivity index (χ2v) is 9.16. The lowest BCUT2D eigenvalue weighted by molar-refractivity contribution is -0.120. The molecule has 4 rings (SSSR count). The largest absolute Gasteiger partial charge is 0.393 e. The van der Waals surface area contributed by atoms with Gasteiger partial charge < -0.3 is 15.7 Å². The van der Waals surface area contributed by atoms with Crippen LogP contribution in [-0.2, 0) is 9.59 Å². The van der Waals surface area contributed by atoms with Gasteiger partial charge in [-0.15, -0.1) is 0 Å². The van der Waals surface area contributed by atoms with Crippen LogP contribution in [-0.4, -0.2) is 35.1 Å². The predicted octanol–water partition coefficient (Wildman–Crippen LogP) is 4.58. The van der Waals surface area contributed by atoms with Gasteiger partial charge in [-0.1, -0.05) is 15.9 Å². The molecular weight excluding hydrogens is 484 g/mol. The summed E-state index contributed by atoms with van der Waals surface area (Å²) in [4.78, 5) is 26.8. The third-order valence-electron chi connectivity index (χ3n) is 5.99. The number of aliphatic hydroxyl groups excluding tert-OH is 1. The van der Waals surface area contributed by atoms with Gasteiger partial charge in [-0.2, -0.15) is 0 Å². The fourth-order valence-electron chi connectivity index (χ4n) is 4.29. The van der Waals surface area contributed by atoms with Gasteiger partial charge in [0, 0.05) is 28.7 Å². The number of halogens is 3. The van der Waals surface area contributed by atoms with Gasteiger partial charge in [-0.3, -0.25) is 14.5 Å². The highest BCUT2D eigenvalue weighted by Gasteiger charge is 2.37. The lowest BCUT2D eigenvalue weighted by atomic mass is 9.93. The number of carbonyl (C=O) groups excluding carboxylic acids is 2. The number of hydrogen-bond acceptors (Lipinski definition) is 4. The van der Waals surface area contributed by atoms with E-state index in [1.807, 2.05) is 12.1 Å². The van der Waals surface area contributed by atoms with Crippen LogP contribution in [0.4, 0.5) is 25.8 Å². The maximum absolute atomic E-state index is 13.7.